The first-order valence-corrected chi connectivity index (χ1v) is 10.5. The smallest absolute Gasteiger partial charge is 0.275 e. The van der Waals surface area contributed by atoms with Crippen LogP contribution < -0.4 is 5.56 Å². The van der Waals surface area contributed by atoms with E-state index in [1.807, 2.05) is 12.1 Å². The molecule has 2 aromatic carbocycles. The fraction of sp³-hybridized carbons (Fsp3) is 0.250. The molecular weight excluding hydrogens is 411 g/mol. The van der Waals surface area contributed by atoms with Crippen LogP contribution in [0.2, 0.25) is 0 Å². The quantitative estimate of drug-likeness (QED) is 0.482. The number of carbonyl (C=O) groups is 1. The lowest BCUT2D eigenvalue weighted by Gasteiger charge is -2.22. The molecule has 0 aliphatic carbocycles. The molecule has 1 aliphatic heterocycles. The number of carbonyl (C=O) groups excluding carboxylic acids is 1. The second kappa shape index (κ2) is 8.37. The van der Waals surface area contributed by atoms with E-state index in [1.165, 1.54) is 10.7 Å². The number of hydrogen-bond donors (Lipinski definition) is 0. The van der Waals surface area contributed by atoms with Gasteiger partial charge in [0, 0.05) is 18.4 Å². The largest absolute Gasteiger partial charge is 0.443 e. The van der Waals surface area contributed by atoms with Crippen molar-refractivity contribution in [3.05, 3.63) is 94.3 Å². The lowest BCUT2D eigenvalue weighted by atomic mass is 10.1. The van der Waals surface area contributed by atoms with Crippen molar-refractivity contribution < 1.29 is 13.6 Å². The predicted molar refractivity (Wildman–Crippen MR) is 115 cm³/mol. The normalized spacial score (nSPS) is 16.0. The zero-order valence-electron chi connectivity index (χ0n) is 17.3. The highest BCUT2D eigenvalue weighted by Crippen LogP contribution is 2.32. The van der Waals surface area contributed by atoms with Gasteiger partial charge in [-0.25, -0.2) is 14.1 Å². The highest BCUT2D eigenvalue weighted by molar-refractivity contribution is 5.81. The van der Waals surface area contributed by atoms with Gasteiger partial charge in [-0.15, -0.1) is 0 Å². The van der Waals surface area contributed by atoms with Gasteiger partial charge in [-0.1, -0.05) is 36.4 Å². The second-order valence-corrected chi connectivity index (χ2v) is 7.87. The van der Waals surface area contributed by atoms with Gasteiger partial charge in [0.1, 0.15) is 24.2 Å². The zero-order valence-corrected chi connectivity index (χ0v) is 17.3. The molecule has 0 radical (unpaired) electrons. The van der Waals surface area contributed by atoms with E-state index >= 15 is 0 Å². The molecule has 0 spiro atoms. The first-order valence-electron chi connectivity index (χ1n) is 10.5. The Morgan fingerprint density at radius 3 is 2.81 bits per heavy atom. The van der Waals surface area contributed by atoms with Crippen LogP contribution in [-0.2, 0) is 17.8 Å². The standard InChI is InChI=1S/C24H21FN4O3/c25-20-9-4-2-6-16(20)12-18-14-26-23(32-18)21-10-5-11-28(21)22(30)15-29-24(31)19-8-3-1-7-17(19)13-27-29/h1-4,6-9,13-14,21H,5,10-12,15H2/t21-/m0/s1. The number of fused-ring (bicyclic) bond motifs is 1. The number of hydrogen-bond acceptors (Lipinski definition) is 5. The monoisotopic (exact) mass is 432 g/mol. The van der Waals surface area contributed by atoms with Crippen LogP contribution in [0.5, 0.6) is 0 Å². The van der Waals surface area contributed by atoms with Crippen LogP contribution in [0.25, 0.3) is 10.8 Å². The van der Waals surface area contributed by atoms with Crippen LogP contribution in [0, 0.1) is 5.82 Å². The Balaban J connectivity index is 1.33. The summed E-state index contributed by atoms with van der Waals surface area (Å²) in [6, 6.07) is 13.4. The third-order valence-corrected chi connectivity index (χ3v) is 5.80. The first-order chi connectivity index (χ1) is 15.6. The fourth-order valence-corrected chi connectivity index (χ4v) is 4.17. The van der Waals surface area contributed by atoms with Crippen molar-refractivity contribution in [2.24, 2.45) is 0 Å². The Labute approximate surface area is 183 Å². The zero-order chi connectivity index (χ0) is 22.1. The molecule has 0 bridgehead atoms. The lowest BCUT2D eigenvalue weighted by Crippen LogP contribution is -2.37. The number of benzene rings is 2. The Bertz CT molecular complexity index is 1350. The maximum atomic E-state index is 13.9. The number of aromatic nitrogens is 3. The molecule has 0 unspecified atom stereocenters. The second-order valence-electron chi connectivity index (χ2n) is 7.87. The van der Waals surface area contributed by atoms with Crippen LogP contribution >= 0.6 is 0 Å². The van der Waals surface area contributed by atoms with Crippen molar-refractivity contribution in [2.45, 2.75) is 31.8 Å². The number of halogens is 1. The Hall–Kier alpha value is -3.81. The van der Waals surface area contributed by atoms with Crippen molar-refractivity contribution in [3.63, 3.8) is 0 Å². The van der Waals surface area contributed by atoms with E-state index in [0.29, 0.717) is 35.6 Å². The first kappa shape index (κ1) is 20.1. The summed E-state index contributed by atoms with van der Waals surface area (Å²) in [5.41, 5.74) is 0.229. The molecular formula is C24H21FN4O3. The van der Waals surface area contributed by atoms with Crippen molar-refractivity contribution >= 4 is 16.7 Å². The average molecular weight is 432 g/mol. The Kier molecular flexibility index (Phi) is 5.26. The van der Waals surface area contributed by atoms with Gasteiger partial charge in [0.25, 0.3) is 5.56 Å². The number of likely N-dealkylation sites (tertiary alicyclic amines) is 1. The molecule has 1 saturated heterocycles. The third kappa shape index (κ3) is 3.79. The summed E-state index contributed by atoms with van der Waals surface area (Å²) in [7, 11) is 0. The molecule has 32 heavy (non-hydrogen) atoms. The van der Waals surface area contributed by atoms with E-state index in [0.717, 1.165) is 11.8 Å². The minimum Gasteiger partial charge on any atom is -0.443 e. The minimum atomic E-state index is -0.312. The lowest BCUT2D eigenvalue weighted by molar-refractivity contribution is -0.133. The van der Waals surface area contributed by atoms with Crippen molar-refractivity contribution in [3.8, 4) is 0 Å². The van der Waals surface area contributed by atoms with Gasteiger partial charge < -0.3 is 9.32 Å². The highest BCUT2D eigenvalue weighted by Gasteiger charge is 2.33. The molecule has 8 heteroatoms. The summed E-state index contributed by atoms with van der Waals surface area (Å²) in [6.45, 7) is 0.403. The van der Waals surface area contributed by atoms with Gasteiger partial charge in [0.15, 0.2) is 0 Å². The summed E-state index contributed by atoms with van der Waals surface area (Å²) >= 11 is 0. The molecule has 162 valence electrons. The molecule has 3 heterocycles. The average Bonchev–Trinajstić information content (AvgIpc) is 3.47. The topological polar surface area (TPSA) is 81.2 Å². The van der Waals surface area contributed by atoms with Gasteiger partial charge in [0.2, 0.25) is 11.8 Å². The molecule has 4 aromatic rings. The van der Waals surface area contributed by atoms with Crippen LogP contribution in [0.3, 0.4) is 0 Å². The van der Waals surface area contributed by atoms with Crippen molar-refractivity contribution in [1.29, 1.82) is 0 Å². The molecule has 1 aliphatic rings. The van der Waals surface area contributed by atoms with E-state index in [4.69, 9.17) is 4.42 Å². The van der Waals surface area contributed by atoms with Gasteiger partial charge >= 0.3 is 0 Å². The van der Waals surface area contributed by atoms with Crippen LogP contribution in [-0.4, -0.2) is 32.1 Å². The summed E-state index contributed by atoms with van der Waals surface area (Å²) in [5.74, 6) is 0.459. The molecule has 1 fully saturated rings. The van der Waals surface area contributed by atoms with Crippen LogP contribution in [0.15, 0.2) is 70.1 Å². The van der Waals surface area contributed by atoms with Crippen LogP contribution in [0.1, 0.15) is 36.1 Å². The Morgan fingerprint density at radius 2 is 1.94 bits per heavy atom. The van der Waals surface area contributed by atoms with E-state index in [2.05, 4.69) is 10.1 Å². The molecule has 0 saturated carbocycles. The van der Waals surface area contributed by atoms with Gasteiger partial charge in [-0.2, -0.15) is 5.10 Å². The predicted octanol–water partition coefficient (Wildman–Crippen LogP) is 3.48. The van der Waals surface area contributed by atoms with Gasteiger partial charge in [0.05, 0.1) is 17.8 Å². The Morgan fingerprint density at radius 1 is 1.12 bits per heavy atom. The van der Waals surface area contributed by atoms with Crippen molar-refractivity contribution in [2.75, 3.05) is 6.54 Å². The van der Waals surface area contributed by atoms with Gasteiger partial charge in [-0.05, 0) is 30.5 Å². The number of amides is 1. The molecule has 7 nitrogen and oxygen atoms in total. The van der Waals surface area contributed by atoms with E-state index < -0.39 is 0 Å². The minimum absolute atomic E-state index is 0.150. The number of rotatable bonds is 5. The highest BCUT2D eigenvalue weighted by atomic mass is 19.1. The number of nitrogens with zero attached hydrogens (tertiary/aromatic N) is 4. The maximum absolute atomic E-state index is 13.9. The summed E-state index contributed by atoms with van der Waals surface area (Å²) in [4.78, 5) is 31.8. The van der Waals surface area contributed by atoms with E-state index in [1.54, 1.807) is 47.6 Å². The molecule has 1 amide bonds. The summed E-state index contributed by atoms with van der Waals surface area (Å²) in [6.07, 6.45) is 4.98. The molecule has 2 aromatic heterocycles. The molecule has 1 atom stereocenters. The molecule has 0 N–H and O–H groups in total. The fourth-order valence-electron chi connectivity index (χ4n) is 4.17. The van der Waals surface area contributed by atoms with Gasteiger partial charge in [-0.3, -0.25) is 9.59 Å². The van der Waals surface area contributed by atoms with E-state index in [-0.39, 0.29) is 36.3 Å². The SMILES string of the molecule is O=C(Cn1ncc2ccccc2c1=O)N1CCC[C@H]1c1ncc(Cc2ccccc2F)o1. The van der Waals surface area contributed by atoms with Crippen molar-refractivity contribution in [1.82, 2.24) is 19.7 Å². The maximum Gasteiger partial charge on any atom is 0.275 e. The summed E-state index contributed by atoms with van der Waals surface area (Å²) in [5, 5.41) is 5.42. The summed E-state index contributed by atoms with van der Waals surface area (Å²) < 4.78 is 21.0. The van der Waals surface area contributed by atoms with E-state index in [9.17, 15) is 14.0 Å². The third-order valence-electron chi connectivity index (χ3n) is 5.80. The van der Waals surface area contributed by atoms with Crippen LogP contribution in [0.4, 0.5) is 4.39 Å². The molecule has 5 rings (SSSR count). The number of oxazole rings is 1.